The summed E-state index contributed by atoms with van der Waals surface area (Å²) in [5.74, 6) is 0.692. The van der Waals surface area contributed by atoms with Crippen LogP contribution in [-0.4, -0.2) is 30.0 Å². The summed E-state index contributed by atoms with van der Waals surface area (Å²) in [7, 11) is 2.19. The van der Waals surface area contributed by atoms with Crippen LogP contribution in [0.25, 0.3) is 0 Å². The zero-order chi connectivity index (χ0) is 9.10. The molecule has 1 fully saturated rings. The van der Waals surface area contributed by atoms with Crippen molar-refractivity contribution in [2.24, 2.45) is 0 Å². The van der Waals surface area contributed by atoms with Crippen molar-refractivity contribution in [1.82, 2.24) is 9.88 Å². The number of piperidine rings is 1. The van der Waals surface area contributed by atoms with Crippen LogP contribution in [0.1, 0.15) is 24.5 Å². The molecule has 2 nitrogen and oxygen atoms in total. The Morgan fingerprint density at radius 1 is 1.29 bits per heavy atom. The van der Waals surface area contributed by atoms with Crippen LogP contribution in [0.2, 0.25) is 0 Å². The molecule has 14 heavy (non-hydrogen) atoms. The van der Waals surface area contributed by atoms with Crippen molar-refractivity contribution in [3.63, 3.8) is 0 Å². The number of pyridine rings is 1. The summed E-state index contributed by atoms with van der Waals surface area (Å²) >= 11 is 0. The summed E-state index contributed by atoms with van der Waals surface area (Å²) < 4.78 is 0. The van der Waals surface area contributed by atoms with Gasteiger partial charge in [0.05, 0.1) is 0 Å². The number of nitrogens with zero attached hydrogens (tertiary/aromatic N) is 2. The highest BCUT2D eigenvalue weighted by atomic mass is 35.5. The first kappa shape index (κ1) is 11.5. The molecule has 0 bridgehead atoms. The first-order chi connectivity index (χ1) is 6.36. The molecule has 0 unspecified atom stereocenters. The fourth-order valence-electron chi connectivity index (χ4n) is 1.92. The molecule has 1 aromatic heterocycles. The Morgan fingerprint density at radius 3 is 2.57 bits per heavy atom. The molecule has 0 N–H and O–H groups in total. The second kappa shape index (κ2) is 5.32. The molecule has 1 aliphatic heterocycles. The third-order valence-corrected chi connectivity index (χ3v) is 2.82. The molecule has 0 radical (unpaired) electrons. The number of hydrogen-bond donors (Lipinski definition) is 0. The van der Waals surface area contributed by atoms with E-state index in [0.29, 0.717) is 5.92 Å². The van der Waals surface area contributed by atoms with E-state index < -0.39 is 0 Å². The van der Waals surface area contributed by atoms with Crippen molar-refractivity contribution >= 4 is 0 Å². The SMILES string of the molecule is CN1CCC(c2ccccn2)CC1.[Cl-]. The summed E-state index contributed by atoms with van der Waals surface area (Å²) in [6.45, 7) is 2.42. The maximum absolute atomic E-state index is 4.41. The minimum Gasteiger partial charge on any atom is -1.00 e. The van der Waals surface area contributed by atoms with E-state index in [1.54, 1.807) is 0 Å². The number of aromatic nitrogens is 1. The van der Waals surface area contributed by atoms with E-state index in [1.165, 1.54) is 31.6 Å². The van der Waals surface area contributed by atoms with E-state index in [-0.39, 0.29) is 12.4 Å². The van der Waals surface area contributed by atoms with Gasteiger partial charge in [-0.25, -0.2) is 0 Å². The lowest BCUT2D eigenvalue weighted by atomic mass is 9.93. The average molecular weight is 212 g/mol. The fraction of sp³-hybridized carbons (Fsp3) is 0.545. The monoisotopic (exact) mass is 211 g/mol. The Labute approximate surface area is 91.7 Å². The van der Waals surface area contributed by atoms with Gasteiger partial charge in [-0.15, -0.1) is 0 Å². The van der Waals surface area contributed by atoms with Crippen LogP contribution >= 0.6 is 0 Å². The Balaban J connectivity index is 0.000000980. The van der Waals surface area contributed by atoms with E-state index >= 15 is 0 Å². The minimum atomic E-state index is 0. The number of rotatable bonds is 1. The molecule has 0 aliphatic carbocycles. The van der Waals surface area contributed by atoms with Crippen molar-refractivity contribution < 1.29 is 12.4 Å². The van der Waals surface area contributed by atoms with E-state index in [2.05, 4.69) is 29.1 Å². The lowest BCUT2D eigenvalue weighted by Gasteiger charge is -2.28. The predicted molar refractivity (Wildman–Crippen MR) is 53.7 cm³/mol. The minimum absolute atomic E-state index is 0. The topological polar surface area (TPSA) is 16.1 Å². The molecule has 78 valence electrons. The highest BCUT2D eigenvalue weighted by molar-refractivity contribution is 5.10. The van der Waals surface area contributed by atoms with Crippen LogP contribution in [-0.2, 0) is 0 Å². The van der Waals surface area contributed by atoms with Gasteiger partial charge in [0.25, 0.3) is 0 Å². The van der Waals surface area contributed by atoms with Crippen molar-refractivity contribution in [2.45, 2.75) is 18.8 Å². The van der Waals surface area contributed by atoms with Gasteiger partial charge >= 0.3 is 0 Å². The number of hydrogen-bond acceptors (Lipinski definition) is 2. The molecule has 1 aliphatic rings. The molecule has 0 aromatic carbocycles. The zero-order valence-electron chi connectivity index (χ0n) is 8.49. The van der Waals surface area contributed by atoms with Crippen LogP contribution < -0.4 is 12.4 Å². The van der Waals surface area contributed by atoms with Gasteiger partial charge in [-0.3, -0.25) is 4.98 Å². The van der Waals surface area contributed by atoms with Gasteiger partial charge in [0.1, 0.15) is 0 Å². The number of halogens is 1. The fourth-order valence-corrected chi connectivity index (χ4v) is 1.92. The molecule has 1 saturated heterocycles. The number of likely N-dealkylation sites (tertiary alicyclic amines) is 1. The van der Waals surface area contributed by atoms with Crippen LogP contribution in [0, 0.1) is 0 Å². The maximum atomic E-state index is 4.41. The second-order valence-corrected chi connectivity index (χ2v) is 3.83. The van der Waals surface area contributed by atoms with E-state index in [9.17, 15) is 0 Å². The second-order valence-electron chi connectivity index (χ2n) is 3.83. The van der Waals surface area contributed by atoms with Crippen molar-refractivity contribution in [3.8, 4) is 0 Å². The first-order valence-corrected chi connectivity index (χ1v) is 4.96. The molecule has 3 heteroatoms. The van der Waals surface area contributed by atoms with Gasteiger partial charge in [-0.05, 0) is 45.1 Å². The van der Waals surface area contributed by atoms with Gasteiger partial charge in [-0.2, -0.15) is 0 Å². The third kappa shape index (κ3) is 2.69. The van der Waals surface area contributed by atoms with Gasteiger partial charge in [-0.1, -0.05) is 6.07 Å². The molecule has 2 heterocycles. The van der Waals surface area contributed by atoms with Gasteiger partial charge in [0.15, 0.2) is 0 Å². The summed E-state index contributed by atoms with van der Waals surface area (Å²) in [4.78, 5) is 6.80. The van der Waals surface area contributed by atoms with Crippen LogP contribution in [0.4, 0.5) is 0 Å². The third-order valence-electron chi connectivity index (χ3n) is 2.82. The lowest BCUT2D eigenvalue weighted by molar-refractivity contribution is -0.00000279. The largest absolute Gasteiger partial charge is 1.00 e. The molecular formula is C11H16ClN2-. The molecule has 1 aromatic rings. The highest BCUT2D eigenvalue weighted by Gasteiger charge is 2.18. The van der Waals surface area contributed by atoms with Crippen LogP contribution in [0.3, 0.4) is 0 Å². The molecule has 0 atom stereocenters. The molecule has 0 amide bonds. The van der Waals surface area contributed by atoms with E-state index in [4.69, 9.17) is 0 Å². The highest BCUT2D eigenvalue weighted by Crippen LogP contribution is 2.25. The van der Waals surface area contributed by atoms with Crippen LogP contribution in [0.15, 0.2) is 24.4 Å². The van der Waals surface area contributed by atoms with Gasteiger partial charge < -0.3 is 17.3 Å². The summed E-state index contributed by atoms with van der Waals surface area (Å²) in [5, 5.41) is 0. The lowest BCUT2D eigenvalue weighted by Crippen LogP contribution is -3.00. The Kier molecular flexibility index (Phi) is 4.36. The van der Waals surface area contributed by atoms with E-state index in [1.807, 2.05) is 12.3 Å². The van der Waals surface area contributed by atoms with Crippen molar-refractivity contribution in [3.05, 3.63) is 30.1 Å². The normalized spacial score (nSPS) is 18.9. The standard InChI is InChI=1S/C11H16N2.ClH/c1-13-8-5-10(6-9-13)11-4-2-3-7-12-11;/h2-4,7,10H,5-6,8-9H2,1H3;1H/p-1. The quantitative estimate of drug-likeness (QED) is 0.586. The molecule has 0 saturated carbocycles. The summed E-state index contributed by atoms with van der Waals surface area (Å²) in [5.41, 5.74) is 1.27. The summed E-state index contributed by atoms with van der Waals surface area (Å²) in [6.07, 6.45) is 4.41. The van der Waals surface area contributed by atoms with Gasteiger partial charge in [0, 0.05) is 17.8 Å². The molecule has 0 spiro atoms. The predicted octanol–water partition coefficient (Wildman–Crippen LogP) is -1.11. The van der Waals surface area contributed by atoms with Crippen molar-refractivity contribution in [1.29, 1.82) is 0 Å². The molecular weight excluding hydrogens is 196 g/mol. The maximum Gasteiger partial charge on any atom is 0.0435 e. The Bertz CT molecular complexity index is 255. The molecule has 2 rings (SSSR count). The Morgan fingerprint density at radius 2 is 2.00 bits per heavy atom. The van der Waals surface area contributed by atoms with Crippen molar-refractivity contribution in [2.75, 3.05) is 20.1 Å². The average Bonchev–Trinajstić information content (AvgIpc) is 2.20. The Hall–Kier alpha value is -0.600. The first-order valence-electron chi connectivity index (χ1n) is 4.96. The smallest absolute Gasteiger partial charge is 0.0435 e. The van der Waals surface area contributed by atoms with Gasteiger partial charge in [0.2, 0.25) is 0 Å². The zero-order valence-corrected chi connectivity index (χ0v) is 9.24. The van der Waals surface area contributed by atoms with E-state index in [0.717, 1.165) is 0 Å². The van der Waals surface area contributed by atoms with Crippen LogP contribution in [0.5, 0.6) is 0 Å². The summed E-state index contributed by atoms with van der Waals surface area (Å²) in [6, 6.07) is 6.22.